The monoisotopic (exact) mass is 367 g/mol. The highest BCUT2D eigenvalue weighted by Gasteiger charge is 2.13. The summed E-state index contributed by atoms with van der Waals surface area (Å²) in [6.45, 7) is 2.78. The number of nitrogens with one attached hydrogen (secondary N) is 2. The zero-order chi connectivity index (χ0) is 19.2. The molecule has 3 aromatic heterocycles. The van der Waals surface area contributed by atoms with E-state index in [-0.39, 0.29) is 11.6 Å². The fourth-order valence-corrected chi connectivity index (χ4v) is 2.33. The highest BCUT2D eigenvalue weighted by Crippen LogP contribution is 2.18. The van der Waals surface area contributed by atoms with Gasteiger partial charge in [-0.2, -0.15) is 4.98 Å². The van der Waals surface area contributed by atoms with Crippen LogP contribution in [0.15, 0.2) is 41.2 Å². The Morgan fingerprint density at radius 1 is 1.22 bits per heavy atom. The number of anilines is 2. The second-order valence-corrected chi connectivity index (χ2v) is 6.09. The lowest BCUT2D eigenvalue weighted by atomic mass is 10.2. The van der Waals surface area contributed by atoms with E-state index in [2.05, 4.69) is 30.7 Å². The normalized spacial score (nSPS) is 10.5. The van der Waals surface area contributed by atoms with E-state index in [9.17, 15) is 4.79 Å². The van der Waals surface area contributed by atoms with Crippen LogP contribution in [0.25, 0.3) is 11.3 Å². The fourth-order valence-electron chi connectivity index (χ4n) is 2.33. The first-order chi connectivity index (χ1) is 13.0. The van der Waals surface area contributed by atoms with E-state index in [4.69, 9.17) is 4.52 Å². The fraction of sp³-hybridized carbons (Fsp3) is 0.278. The van der Waals surface area contributed by atoms with E-state index in [1.54, 1.807) is 24.5 Å². The predicted octanol–water partition coefficient (Wildman–Crippen LogP) is 1.74. The number of aryl methyl sites for hydroxylation is 1. The van der Waals surface area contributed by atoms with Crippen LogP contribution in [-0.2, 0) is 0 Å². The number of rotatable bonds is 7. The van der Waals surface area contributed by atoms with Crippen LogP contribution in [0.4, 0.5) is 11.8 Å². The molecular formula is C18H21N7O2. The number of hydrogen-bond donors (Lipinski definition) is 2. The zero-order valence-electron chi connectivity index (χ0n) is 15.4. The molecule has 0 saturated carbocycles. The summed E-state index contributed by atoms with van der Waals surface area (Å²) in [5.41, 5.74) is 1.85. The molecule has 9 heteroatoms. The van der Waals surface area contributed by atoms with Crippen LogP contribution in [-0.4, -0.2) is 53.2 Å². The third-order valence-corrected chi connectivity index (χ3v) is 3.68. The van der Waals surface area contributed by atoms with Crippen LogP contribution in [0.1, 0.15) is 16.2 Å². The van der Waals surface area contributed by atoms with Crippen molar-refractivity contribution in [3.63, 3.8) is 0 Å². The molecule has 0 radical (unpaired) electrons. The molecule has 2 N–H and O–H groups in total. The molecule has 3 aromatic rings. The lowest BCUT2D eigenvalue weighted by Gasteiger charge is -2.13. The van der Waals surface area contributed by atoms with Crippen molar-refractivity contribution in [1.82, 2.24) is 25.4 Å². The Labute approximate surface area is 156 Å². The maximum absolute atomic E-state index is 12.2. The van der Waals surface area contributed by atoms with Gasteiger partial charge in [0.05, 0.1) is 0 Å². The molecule has 0 spiro atoms. The van der Waals surface area contributed by atoms with Crippen molar-refractivity contribution in [2.75, 3.05) is 37.4 Å². The van der Waals surface area contributed by atoms with Crippen molar-refractivity contribution in [2.24, 2.45) is 0 Å². The number of amides is 1. The van der Waals surface area contributed by atoms with Gasteiger partial charge in [-0.25, -0.2) is 4.98 Å². The molecule has 3 heterocycles. The Balaban J connectivity index is 1.51. The lowest BCUT2D eigenvalue weighted by molar-refractivity contribution is 0.0946. The zero-order valence-corrected chi connectivity index (χ0v) is 15.4. The summed E-state index contributed by atoms with van der Waals surface area (Å²) < 4.78 is 5.21. The van der Waals surface area contributed by atoms with Crippen LogP contribution >= 0.6 is 0 Å². The van der Waals surface area contributed by atoms with Crippen molar-refractivity contribution in [3.05, 3.63) is 48.0 Å². The molecule has 9 nitrogen and oxygen atoms in total. The molecule has 0 fully saturated rings. The Kier molecular flexibility index (Phi) is 5.60. The van der Waals surface area contributed by atoms with Crippen molar-refractivity contribution in [3.8, 4) is 11.3 Å². The molecule has 0 aliphatic heterocycles. The summed E-state index contributed by atoms with van der Waals surface area (Å²) in [6.07, 6.45) is 3.32. The largest absolute Gasteiger partial charge is 0.363 e. The molecule has 0 atom stereocenters. The SMILES string of the molecule is Cc1cc(N(C)C)nc(NCCNC(=O)c2cc(-c3cccnc3)on2)n1. The number of aromatic nitrogens is 4. The Morgan fingerprint density at radius 2 is 2.07 bits per heavy atom. The van der Waals surface area contributed by atoms with Crippen molar-refractivity contribution in [2.45, 2.75) is 6.92 Å². The van der Waals surface area contributed by atoms with Gasteiger partial charge in [-0.15, -0.1) is 0 Å². The van der Waals surface area contributed by atoms with Gasteiger partial charge in [-0.05, 0) is 19.1 Å². The molecule has 0 aliphatic rings. The Bertz CT molecular complexity index is 909. The summed E-state index contributed by atoms with van der Waals surface area (Å²) >= 11 is 0. The minimum absolute atomic E-state index is 0.218. The smallest absolute Gasteiger partial charge is 0.273 e. The molecule has 0 aliphatic carbocycles. The minimum atomic E-state index is -0.310. The molecule has 27 heavy (non-hydrogen) atoms. The number of pyridine rings is 1. The predicted molar refractivity (Wildman–Crippen MR) is 102 cm³/mol. The van der Waals surface area contributed by atoms with E-state index in [1.165, 1.54) is 0 Å². The van der Waals surface area contributed by atoms with E-state index < -0.39 is 0 Å². The van der Waals surface area contributed by atoms with Crippen molar-refractivity contribution in [1.29, 1.82) is 0 Å². The van der Waals surface area contributed by atoms with Gasteiger partial charge in [-0.3, -0.25) is 9.78 Å². The highest BCUT2D eigenvalue weighted by atomic mass is 16.5. The third kappa shape index (κ3) is 4.78. The maximum atomic E-state index is 12.2. The van der Waals surface area contributed by atoms with Crippen molar-refractivity contribution >= 4 is 17.7 Å². The second kappa shape index (κ2) is 8.26. The van der Waals surface area contributed by atoms with Gasteiger partial charge in [0.15, 0.2) is 11.5 Å². The quantitative estimate of drug-likeness (QED) is 0.608. The molecule has 0 saturated heterocycles. The van der Waals surface area contributed by atoms with Gasteiger partial charge < -0.3 is 20.1 Å². The maximum Gasteiger partial charge on any atom is 0.273 e. The summed E-state index contributed by atoms with van der Waals surface area (Å²) in [5, 5.41) is 9.69. The first-order valence-electron chi connectivity index (χ1n) is 8.45. The van der Waals surface area contributed by atoms with Gasteiger partial charge >= 0.3 is 0 Å². The van der Waals surface area contributed by atoms with Crippen molar-refractivity contribution < 1.29 is 9.32 Å². The van der Waals surface area contributed by atoms with Crippen LogP contribution in [0.5, 0.6) is 0 Å². The van der Waals surface area contributed by atoms with Gasteiger partial charge in [-0.1, -0.05) is 5.16 Å². The van der Waals surface area contributed by atoms with Crippen LogP contribution in [0.3, 0.4) is 0 Å². The Hall–Kier alpha value is -3.49. The minimum Gasteiger partial charge on any atom is -0.363 e. The van der Waals surface area contributed by atoms with E-state index >= 15 is 0 Å². The molecule has 0 bridgehead atoms. The molecule has 3 rings (SSSR count). The average molecular weight is 367 g/mol. The summed E-state index contributed by atoms with van der Waals surface area (Å²) in [4.78, 5) is 26.8. The average Bonchev–Trinajstić information content (AvgIpc) is 3.15. The van der Waals surface area contributed by atoms with Gasteiger partial charge in [0.1, 0.15) is 5.82 Å². The topological polar surface area (TPSA) is 109 Å². The number of nitrogens with zero attached hydrogens (tertiary/aromatic N) is 5. The van der Waals surface area contributed by atoms with Gasteiger partial charge in [0.25, 0.3) is 5.91 Å². The van der Waals surface area contributed by atoms with E-state index in [0.717, 1.165) is 17.1 Å². The molecule has 140 valence electrons. The first-order valence-corrected chi connectivity index (χ1v) is 8.45. The lowest BCUT2D eigenvalue weighted by Crippen LogP contribution is -2.29. The van der Waals surface area contributed by atoms with Gasteiger partial charge in [0, 0.05) is 63.0 Å². The molecule has 0 aromatic carbocycles. The number of hydrogen-bond acceptors (Lipinski definition) is 8. The highest BCUT2D eigenvalue weighted by molar-refractivity contribution is 5.93. The summed E-state index contributed by atoms with van der Waals surface area (Å²) in [5.74, 6) is 1.53. The van der Waals surface area contributed by atoms with Crippen LogP contribution < -0.4 is 15.5 Å². The van der Waals surface area contributed by atoms with E-state index in [1.807, 2.05) is 38.1 Å². The van der Waals surface area contributed by atoms with Gasteiger partial charge in [0.2, 0.25) is 5.95 Å². The first kappa shape index (κ1) is 18.3. The molecule has 0 unspecified atom stereocenters. The Morgan fingerprint density at radius 3 is 2.81 bits per heavy atom. The van der Waals surface area contributed by atoms with Crippen LogP contribution in [0, 0.1) is 6.92 Å². The number of carbonyl (C=O) groups is 1. The summed E-state index contributed by atoms with van der Waals surface area (Å²) in [7, 11) is 3.84. The third-order valence-electron chi connectivity index (χ3n) is 3.68. The molecular weight excluding hydrogens is 346 g/mol. The second-order valence-electron chi connectivity index (χ2n) is 6.09. The van der Waals surface area contributed by atoms with E-state index in [0.29, 0.717) is 24.8 Å². The summed E-state index contributed by atoms with van der Waals surface area (Å²) in [6, 6.07) is 7.12. The number of carbonyl (C=O) groups excluding carboxylic acids is 1. The van der Waals surface area contributed by atoms with Crippen LogP contribution in [0.2, 0.25) is 0 Å². The standard InChI is InChI=1S/C18H21N7O2/c1-12-9-16(25(2)3)23-18(22-12)21-8-7-20-17(26)14-10-15(27-24-14)13-5-4-6-19-11-13/h4-6,9-11H,7-8H2,1-3H3,(H,20,26)(H,21,22,23). The molecule has 1 amide bonds.